The van der Waals surface area contributed by atoms with Crippen LogP contribution in [0, 0.1) is 5.82 Å². The number of thioether (sulfide) groups is 2. The second-order valence-electron chi connectivity index (χ2n) is 12.8. The quantitative estimate of drug-likeness (QED) is 0.0655. The van der Waals surface area contributed by atoms with E-state index in [0.717, 1.165) is 46.3 Å². The largest absolute Gasteiger partial charge is 0.543 e. The predicted octanol–water partition coefficient (Wildman–Crippen LogP) is 0.588. The summed E-state index contributed by atoms with van der Waals surface area (Å²) in [6.45, 7) is 7.65. The second-order valence-corrected chi connectivity index (χ2v) is 15.8. The minimum absolute atomic E-state index is 0.00260. The lowest BCUT2D eigenvalue weighted by molar-refractivity contribution is -0.645. The molecule has 6 rings (SSSR count). The normalized spacial score (nSPS) is 21.2. The molecule has 2 saturated heterocycles. The van der Waals surface area contributed by atoms with E-state index in [-0.39, 0.29) is 39.9 Å². The number of benzene rings is 1. The van der Waals surface area contributed by atoms with Gasteiger partial charge in [0.1, 0.15) is 30.0 Å². The van der Waals surface area contributed by atoms with Gasteiger partial charge in [-0.05, 0) is 32.0 Å². The van der Waals surface area contributed by atoms with Gasteiger partial charge in [0, 0.05) is 59.1 Å². The number of aryl methyl sites for hydroxylation is 1. The maximum atomic E-state index is 15.7. The van der Waals surface area contributed by atoms with Gasteiger partial charge in [0.25, 0.3) is 11.8 Å². The monoisotopic (exact) mass is 772 g/mol. The Morgan fingerprint density at radius 3 is 2.79 bits per heavy atom. The molecule has 2 fully saturated rings. The van der Waals surface area contributed by atoms with Gasteiger partial charge in [-0.3, -0.25) is 19.4 Å². The average molecular weight is 773 g/mol. The lowest BCUT2D eigenvalue weighted by atomic mass is 10.0. The number of piperazine rings is 1. The van der Waals surface area contributed by atoms with E-state index in [9.17, 15) is 29.4 Å². The van der Waals surface area contributed by atoms with E-state index >= 15 is 4.39 Å². The van der Waals surface area contributed by atoms with Gasteiger partial charge in [-0.15, -0.1) is 34.9 Å². The molecule has 3 aromatic rings. The molecule has 3 atom stereocenters. The van der Waals surface area contributed by atoms with Crippen LogP contribution in [0.25, 0.3) is 10.9 Å². The van der Waals surface area contributed by atoms with Crippen LogP contribution in [0.3, 0.4) is 0 Å². The Labute approximate surface area is 310 Å². The van der Waals surface area contributed by atoms with Gasteiger partial charge < -0.3 is 36.2 Å². The Morgan fingerprint density at radius 2 is 2.12 bits per heavy atom. The summed E-state index contributed by atoms with van der Waals surface area (Å²) in [5.41, 5.74) is 5.14. The molecule has 0 radical (unpaired) electrons. The predicted molar refractivity (Wildman–Crippen MR) is 192 cm³/mol. The molecule has 15 nitrogen and oxygen atoms in total. The number of nitrogens with zero attached hydrogens (tertiary/aromatic N) is 5. The van der Waals surface area contributed by atoms with Crippen molar-refractivity contribution in [3.8, 4) is 0 Å². The van der Waals surface area contributed by atoms with Crippen LogP contribution >= 0.6 is 34.9 Å². The topological polar surface area (TPSA) is 206 Å². The number of fused-ring (bicyclic) bond motifs is 2. The number of carbonyl (C=O) groups excluding carboxylic acids is 3. The van der Waals surface area contributed by atoms with Crippen LogP contribution in [0.5, 0.6) is 0 Å². The van der Waals surface area contributed by atoms with Crippen LogP contribution in [0.15, 0.2) is 51.1 Å². The number of likely N-dealkylation sites (N-methyl/N-ethyl adjacent to an activating group) is 1. The smallest absolute Gasteiger partial charge is 0.350 e. The van der Waals surface area contributed by atoms with Crippen molar-refractivity contribution < 1.29 is 43.2 Å². The third-order valence-corrected chi connectivity index (χ3v) is 12.3. The number of aromatic nitrogens is 2. The van der Waals surface area contributed by atoms with E-state index < -0.39 is 46.5 Å². The second kappa shape index (κ2) is 15.0. The van der Waals surface area contributed by atoms with Crippen molar-refractivity contribution in [2.75, 3.05) is 43.4 Å². The number of carboxylic acid groups (broad SMARTS) is 2. The van der Waals surface area contributed by atoms with Gasteiger partial charge in [0.2, 0.25) is 11.1 Å². The van der Waals surface area contributed by atoms with Gasteiger partial charge in [-0.25, -0.2) is 18.7 Å². The molecule has 52 heavy (non-hydrogen) atoms. The maximum Gasteiger partial charge on any atom is 0.350 e. The van der Waals surface area contributed by atoms with E-state index in [2.05, 4.69) is 32.6 Å². The number of hydrogen-bond donors (Lipinski definition) is 4. The van der Waals surface area contributed by atoms with Crippen LogP contribution in [0.1, 0.15) is 38.1 Å². The molecule has 0 aliphatic carbocycles. The molecule has 5 N–H and O–H groups in total. The highest BCUT2D eigenvalue weighted by molar-refractivity contribution is 8.01. The van der Waals surface area contributed by atoms with Crippen molar-refractivity contribution in [3.63, 3.8) is 0 Å². The third kappa shape index (κ3) is 7.19. The molecule has 5 heterocycles. The number of oxime groups is 1. The number of rotatable bonds is 12. The van der Waals surface area contributed by atoms with Crippen molar-refractivity contribution in [2.45, 2.75) is 48.7 Å². The third-order valence-electron chi connectivity index (χ3n) is 9.12. The summed E-state index contributed by atoms with van der Waals surface area (Å²) >= 11 is 3.61. The highest BCUT2D eigenvalue weighted by atomic mass is 32.2. The number of β-lactam (4-membered cyclic amide) rings is 1. The molecule has 2 amide bonds. The fraction of sp³-hybridized carbons (Fsp3) is 0.424. The lowest BCUT2D eigenvalue weighted by Gasteiger charge is -2.50. The van der Waals surface area contributed by atoms with Crippen molar-refractivity contribution in [1.82, 2.24) is 25.4 Å². The van der Waals surface area contributed by atoms with Crippen molar-refractivity contribution in [3.05, 3.63) is 58.1 Å². The summed E-state index contributed by atoms with van der Waals surface area (Å²) in [5, 5.41) is 33.0. The van der Waals surface area contributed by atoms with E-state index in [4.69, 9.17) is 10.6 Å². The molecule has 2 aromatic heterocycles. The van der Waals surface area contributed by atoms with Gasteiger partial charge in [-0.1, -0.05) is 12.1 Å². The fourth-order valence-electron chi connectivity index (χ4n) is 6.19. The summed E-state index contributed by atoms with van der Waals surface area (Å²) in [4.78, 5) is 64.1. The number of nitrogen functional groups attached to an aromatic ring is 1. The van der Waals surface area contributed by atoms with E-state index in [1.54, 1.807) is 0 Å². The number of thiazole rings is 1. The number of carbonyl (C=O) groups is 4. The number of anilines is 1. The van der Waals surface area contributed by atoms with Gasteiger partial charge in [-0.2, -0.15) is 0 Å². The first-order valence-corrected chi connectivity index (χ1v) is 19.2. The molecule has 0 saturated carbocycles. The molecular weight excluding hydrogens is 736 g/mol. The van der Waals surface area contributed by atoms with Crippen molar-refractivity contribution >= 4 is 80.4 Å². The van der Waals surface area contributed by atoms with Gasteiger partial charge in [0.15, 0.2) is 17.0 Å². The minimum Gasteiger partial charge on any atom is -0.543 e. The van der Waals surface area contributed by atoms with E-state index in [0.29, 0.717) is 23.1 Å². The Balaban J connectivity index is 1.21. The molecule has 0 bridgehead atoms. The summed E-state index contributed by atoms with van der Waals surface area (Å²) < 4.78 is 17.7. The zero-order valence-corrected chi connectivity index (χ0v) is 31.1. The molecule has 1 aromatic carbocycles. The number of amides is 2. The first-order valence-electron chi connectivity index (χ1n) is 16.3. The highest BCUT2D eigenvalue weighted by Gasteiger charge is 2.53. The van der Waals surface area contributed by atoms with Crippen LogP contribution in [0.4, 0.5) is 9.52 Å². The number of carboxylic acids is 2. The Kier molecular flexibility index (Phi) is 10.8. The van der Waals surface area contributed by atoms with Crippen molar-refractivity contribution in [1.29, 1.82) is 0 Å². The summed E-state index contributed by atoms with van der Waals surface area (Å²) in [5.74, 6) is -4.36. The van der Waals surface area contributed by atoms with Gasteiger partial charge >= 0.3 is 5.97 Å². The Bertz CT molecular complexity index is 2020. The zero-order chi connectivity index (χ0) is 37.5. The molecule has 3 aliphatic heterocycles. The lowest BCUT2D eigenvalue weighted by Crippen LogP contribution is -2.71. The summed E-state index contributed by atoms with van der Waals surface area (Å²) in [6.07, 6.45) is 1.88. The first-order chi connectivity index (χ1) is 24.7. The summed E-state index contributed by atoms with van der Waals surface area (Å²) in [7, 11) is 1.89. The SMILES string of the molecule is CCN1CCNCC1c1cc2c(cc1F)c(SCC1=C(C(=O)[O-])N3C(=O)C(NC(=O)/C(=N\OC(C)(C)C(=O)O)c4csc(N)n4)[C@H]3SC1)cc[n+]2C. The molecule has 0 spiro atoms. The van der Waals surface area contributed by atoms with Crippen LogP contribution in [0.2, 0.25) is 0 Å². The number of nitrogens with one attached hydrogen (secondary N) is 2. The zero-order valence-electron chi connectivity index (χ0n) is 28.7. The Hall–Kier alpha value is -4.30. The number of nitrogens with two attached hydrogens (primary N) is 1. The number of pyridine rings is 1. The van der Waals surface area contributed by atoms with Crippen molar-refractivity contribution in [2.24, 2.45) is 12.2 Å². The van der Waals surface area contributed by atoms with Crippen LogP contribution < -0.4 is 26.0 Å². The van der Waals surface area contributed by atoms with Gasteiger partial charge in [0.05, 0.1) is 23.1 Å². The Morgan fingerprint density at radius 1 is 1.35 bits per heavy atom. The number of hydrogen-bond acceptors (Lipinski definition) is 14. The van der Waals surface area contributed by atoms with Crippen LogP contribution in [-0.2, 0) is 31.1 Å². The first kappa shape index (κ1) is 37.5. The molecule has 276 valence electrons. The number of aliphatic carboxylic acids is 2. The van der Waals surface area contributed by atoms with E-state index in [1.165, 1.54) is 48.8 Å². The molecule has 19 heteroatoms. The molecule has 2 unspecified atom stereocenters. The highest BCUT2D eigenvalue weighted by Crippen LogP contribution is 2.42. The fourth-order valence-corrected chi connectivity index (χ4v) is 9.25. The number of halogens is 1. The minimum atomic E-state index is -1.79. The standard InChI is InChI=1S/C33H37FN8O7S3/c1-5-41-9-7-36-12-22(41)17-11-21-18(10-19(17)34)23(6-8-40(21)4)50-13-16-14-51-29-25(28(44)42(29)26(16)30(45)46)38-27(43)24(20-15-52-32(35)37-20)39-49-33(2,3)31(47)48/h6,8,10-11,15,22,25,29,36H,5,7,9,12-14H2,1-4H3,(H4-,35,37,38,43,45,46,47,48)/b39-24-/t22?,25?,29-/m1/s1. The average Bonchev–Trinajstić information content (AvgIpc) is 3.54. The molecular formula is C33H37FN8O7S3. The van der Waals surface area contributed by atoms with Crippen LogP contribution in [-0.4, -0.2) is 104 Å². The maximum absolute atomic E-state index is 15.7. The summed E-state index contributed by atoms with van der Waals surface area (Å²) in [6, 6.07) is 4.03. The van der Waals surface area contributed by atoms with E-state index in [1.807, 2.05) is 29.9 Å². The molecule has 3 aliphatic rings.